The first-order chi connectivity index (χ1) is 9.52. The maximum Gasteiger partial charge on any atom is 0.166 e. The highest BCUT2D eigenvalue weighted by Crippen LogP contribution is 2.18. The van der Waals surface area contributed by atoms with Crippen molar-refractivity contribution in [1.82, 2.24) is 29.4 Å². The lowest BCUT2D eigenvalue weighted by molar-refractivity contribution is -0.116. The van der Waals surface area contributed by atoms with Gasteiger partial charge in [0.2, 0.25) is 0 Å². The van der Waals surface area contributed by atoms with Crippen LogP contribution in [0.25, 0.3) is 17.0 Å². The third kappa shape index (κ3) is 2.18. The van der Waals surface area contributed by atoms with Crippen LogP contribution in [-0.4, -0.2) is 35.1 Å². The molecule has 0 N–H and O–H groups in total. The van der Waals surface area contributed by atoms with E-state index < -0.39 is 0 Å². The maximum atomic E-state index is 11.3. The summed E-state index contributed by atoms with van der Waals surface area (Å²) in [6.45, 7) is 3.37. The van der Waals surface area contributed by atoms with E-state index in [4.69, 9.17) is 0 Å². The molecule has 7 nitrogen and oxygen atoms in total. The van der Waals surface area contributed by atoms with Gasteiger partial charge in [0.15, 0.2) is 11.5 Å². The summed E-state index contributed by atoms with van der Waals surface area (Å²) in [6, 6.07) is 1.79. The fourth-order valence-electron chi connectivity index (χ4n) is 2.11. The van der Waals surface area contributed by atoms with E-state index in [9.17, 15) is 4.79 Å². The highest BCUT2D eigenvalue weighted by Gasteiger charge is 2.13. The van der Waals surface area contributed by atoms with Crippen LogP contribution in [0.15, 0.2) is 18.5 Å². The zero-order valence-electron chi connectivity index (χ0n) is 11.5. The van der Waals surface area contributed by atoms with Gasteiger partial charge in [-0.2, -0.15) is 9.61 Å². The molecular weight excluding hydrogens is 256 g/mol. The number of rotatable bonds is 3. The molecule has 3 heterocycles. The lowest BCUT2D eigenvalue weighted by Crippen LogP contribution is -2.05. The van der Waals surface area contributed by atoms with E-state index in [2.05, 4.69) is 20.2 Å². The Labute approximate surface area is 115 Å². The van der Waals surface area contributed by atoms with Gasteiger partial charge in [0, 0.05) is 25.7 Å². The zero-order chi connectivity index (χ0) is 14.3. The first kappa shape index (κ1) is 12.5. The van der Waals surface area contributed by atoms with Crippen molar-refractivity contribution in [3.63, 3.8) is 0 Å². The number of hydrogen-bond donors (Lipinski definition) is 0. The molecule has 0 atom stereocenters. The van der Waals surface area contributed by atoms with Crippen LogP contribution < -0.4 is 0 Å². The smallest absolute Gasteiger partial charge is 0.166 e. The molecule has 3 rings (SSSR count). The molecule has 102 valence electrons. The number of hydrogen-bond acceptors (Lipinski definition) is 5. The quantitative estimate of drug-likeness (QED) is 0.708. The molecule has 0 spiro atoms. The topological polar surface area (TPSA) is 78.0 Å². The minimum absolute atomic E-state index is 0.0650. The Morgan fingerprint density at radius 1 is 1.35 bits per heavy atom. The Balaban J connectivity index is 2.24. The number of carbonyl (C=O) groups is 1. The van der Waals surface area contributed by atoms with Gasteiger partial charge in [-0.05, 0) is 13.8 Å². The van der Waals surface area contributed by atoms with E-state index >= 15 is 0 Å². The summed E-state index contributed by atoms with van der Waals surface area (Å²) < 4.78 is 3.38. The molecule has 3 aromatic heterocycles. The summed E-state index contributed by atoms with van der Waals surface area (Å²) in [5, 5.41) is 8.49. The van der Waals surface area contributed by atoms with Crippen molar-refractivity contribution in [2.24, 2.45) is 7.05 Å². The Morgan fingerprint density at radius 3 is 2.80 bits per heavy atom. The first-order valence-corrected chi connectivity index (χ1v) is 6.24. The predicted octanol–water partition coefficient (Wildman–Crippen LogP) is 0.965. The third-order valence-electron chi connectivity index (χ3n) is 2.88. The van der Waals surface area contributed by atoms with Gasteiger partial charge in [0.1, 0.15) is 11.6 Å². The number of aromatic nitrogens is 6. The van der Waals surface area contributed by atoms with E-state index in [-0.39, 0.29) is 12.2 Å². The SMILES string of the molecule is CC(=O)Cc1cc2nc(C)nn2c(-c2cnn(C)c2)n1. The Morgan fingerprint density at radius 2 is 2.15 bits per heavy atom. The molecule has 0 unspecified atom stereocenters. The van der Waals surface area contributed by atoms with Crippen LogP contribution in [0.1, 0.15) is 18.4 Å². The molecule has 20 heavy (non-hydrogen) atoms. The molecule has 0 aliphatic rings. The van der Waals surface area contributed by atoms with E-state index in [1.54, 1.807) is 28.4 Å². The average Bonchev–Trinajstić information content (AvgIpc) is 2.92. The van der Waals surface area contributed by atoms with Crippen LogP contribution in [0.4, 0.5) is 0 Å². The highest BCUT2D eigenvalue weighted by molar-refractivity contribution is 5.78. The van der Waals surface area contributed by atoms with E-state index in [1.807, 2.05) is 20.2 Å². The minimum atomic E-state index is 0.0650. The second kappa shape index (κ2) is 4.52. The summed E-state index contributed by atoms with van der Waals surface area (Å²) in [4.78, 5) is 20.2. The van der Waals surface area contributed by atoms with Crippen molar-refractivity contribution in [2.45, 2.75) is 20.3 Å². The molecule has 0 fully saturated rings. The molecule has 0 saturated carbocycles. The highest BCUT2D eigenvalue weighted by atomic mass is 16.1. The van der Waals surface area contributed by atoms with E-state index in [1.165, 1.54) is 0 Å². The fourth-order valence-corrected chi connectivity index (χ4v) is 2.11. The summed E-state index contributed by atoms with van der Waals surface area (Å²) in [6.07, 6.45) is 3.86. The van der Waals surface area contributed by atoms with Gasteiger partial charge >= 0.3 is 0 Å². The largest absolute Gasteiger partial charge is 0.300 e. The van der Waals surface area contributed by atoms with E-state index in [0.717, 1.165) is 5.56 Å². The molecule has 7 heteroatoms. The van der Waals surface area contributed by atoms with Gasteiger partial charge in [0.25, 0.3) is 0 Å². The maximum absolute atomic E-state index is 11.3. The third-order valence-corrected chi connectivity index (χ3v) is 2.88. The van der Waals surface area contributed by atoms with Gasteiger partial charge in [-0.25, -0.2) is 9.97 Å². The fraction of sp³-hybridized carbons (Fsp3) is 0.308. The second-order valence-electron chi connectivity index (χ2n) is 4.78. The number of Topliss-reactive ketones (excluding diaryl/α,β-unsaturated/α-hetero) is 1. The molecule has 3 aromatic rings. The zero-order valence-corrected chi connectivity index (χ0v) is 11.5. The molecule has 0 aliphatic heterocycles. The standard InChI is InChI=1S/C13H14N6O/c1-8(20)4-11-5-12-15-9(2)17-19(12)13(16-11)10-6-14-18(3)7-10/h5-7H,4H2,1-3H3. The lowest BCUT2D eigenvalue weighted by atomic mass is 10.2. The molecule has 0 amide bonds. The van der Waals surface area contributed by atoms with Crippen molar-refractivity contribution in [3.8, 4) is 11.4 Å². The monoisotopic (exact) mass is 270 g/mol. The van der Waals surface area contributed by atoms with E-state index in [0.29, 0.717) is 23.0 Å². The van der Waals surface area contributed by atoms with Crippen LogP contribution in [0.5, 0.6) is 0 Å². The normalized spacial score (nSPS) is 11.2. The van der Waals surface area contributed by atoms with Gasteiger partial charge in [0.05, 0.1) is 17.5 Å². The minimum Gasteiger partial charge on any atom is -0.300 e. The number of ketones is 1. The summed E-state index contributed by atoms with van der Waals surface area (Å²) in [5.41, 5.74) is 2.22. The second-order valence-corrected chi connectivity index (χ2v) is 4.78. The van der Waals surface area contributed by atoms with Crippen LogP contribution >= 0.6 is 0 Å². The van der Waals surface area contributed by atoms with Gasteiger partial charge in [-0.1, -0.05) is 0 Å². The van der Waals surface area contributed by atoms with Crippen LogP contribution in [0.2, 0.25) is 0 Å². The van der Waals surface area contributed by atoms with Crippen molar-refractivity contribution in [1.29, 1.82) is 0 Å². The Bertz CT molecular complexity index is 800. The van der Waals surface area contributed by atoms with Gasteiger partial charge in [-0.15, -0.1) is 5.10 Å². The van der Waals surface area contributed by atoms with Crippen LogP contribution in [0, 0.1) is 6.92 Å². The van der Waals surface area contributed by atoms with Crippen molar-refractivity contribution < 1.29 is 4.79 Å². The van der Waals surface area contributed by atoms with Crippen LogP contribution in [-0.2, 0) is 18.3 Å². The average molecular weight is 270 g/mol. The first-order valence-electron chi connectivity index (χ1n) is 6.24. The molecule has 0 aromatic carbocycles. The lowest BCUT2D eigenvalue weighted by Gasteiger charge is -2.04. The predicted molar refractivity (Wildman–Crippen MR) is 72.1 cm³/mol. The Hall–Kier alpha value is -2.57. The number of nitrogens with zero attached hydrogens (tertiary/aromatic N) is 6. The molecule has 0 bridgehead atoms. The van der Waals surface area contributed by atoms with Gasteiger partial charge < -0.3 is 0 Å². The molecule has 0 radical (unpaired) electrons. The number of carbonyl (C=O) groups excluding carboxylic acids is 1. The Kier molecular flexibility index (Phi) is 2.81. The number of fused-ring (bicyclic) bond motifs is 1. The summed E-state index contributed by atoms with van der Waals surface area (Å²) in [7, 11) is 1.84. The van der Waals surface area contributed by atoms with Gasteiger partial charge in [-0.3, -0.25) is 9.48 Å². The van der Waals surface area contributed by atoms with Crippen LogP contribution in [0.3, 0.4) is 0 Å². The molecule has 0 saturated heterocycles. The summed E-state index contributed by atoms with van der Waals surface area (Å²) >= 11 is 0. The van der Waals surface area contributed by atoms with Crippen molar-refractivity contribution in [3.05, 3.63) is 30.0 Å². The molecule has 0 aliphatic carbocycles. The number of aryl methyl sites for hydroxylation is 2. The van der Waals surface area contributed by atoms with Crippen molar-refractivity contribution >= 4 is 11.4 Å². The van der Waals surface area contributed by atoms with Crippen molar-refractivity contribution in [2.75, 3.05) is 0 Å². The summed E-state index contributed by atoms with van der Waals surface area (Å²) in [5.74, 6) is 1.37. The molecular formula is C13H14N6O.